The van der Waals surface area contributed by atoms with Gasteiger partial charge in [-0.15, -0.1) is 0 Å². The number of anilines is 1. The van der Waals surface area contributed by atoms with Crippen molar-refractivity contribution in [2.75, 3.05) is 31.2 Å². The van der Waals surface area contributed by atoms with Gasteiger partial charge in [0.1, 0.15) is 11.6 Å². The Labute approximate surface area is 151 Å². The minimum Gasteiger partial charge on any atom is -0.378 e. The maximum absolute atomic E-state index is 9.85. The summed E-state index contributed by atoms with van der Waals surface area (Å²) >= 11 is 0. The van der Waals surface area contributed by atoms with Crippen LogP contribution in [0.5, 0.6) is 0 Å². The van der Waals surface area contributed by atoms with Gasteiger partial charge in [0.2, 0.25) is 0 Å². The molecule has 0 amide bonds. The fourth-order valence-corrected chi connectivity index (χ4v) is 2.98. The van der Waals surface area contributed by atoms with E-state index in [9.17, 15) is 5.26 Å². The van der Waals surface area contributed by atoms with E-state index in [4.69, 9.17) is 14.7 Å². The zero-order valence-corrected chi connectivity index (χ0v) is 14.2. The van der Waals surface area contributed by atoms with Crippen LogP contribution in [0.2, 0.25) is 0 Å². The molecule has 0 unspecified atom stereocenters. The van der Waals surface area contributed by atoms with Crippen LogP contribution in [0.25, 0.3) is 22.6 Å². The van der Waals surface area contributed by atoms with E-state index < -0.39 is 0 Å². The third-order valence-corrected chi connectivity index (χ3v) is 4.28. The lowest BCUT2D eigenvalue weighted by molar-refractivity contribution is 0.122. The molecule has 1 saturated heterocycles. The molecule has 6 heteroatoms. The van der Waals surface area contributed by atoms with E-state index in [1.54, 1.807) is 12.4 Å². The summed E-state index contributed by atoms with van der Waals surface area (Å²) in [6, 6.07) is 15.8. The SMILES string of the molecule is N#Cc1c(-c2ccccc2)nc(-c2cccnc2)nc1N1CCOCC1. The first-order valence-electron chi connectivity index (χ1n) is 8.47. The Hall–Kier alpha value is -3.30. The van der Waals surface area contributed by atoms with Crippen LogP contribution >= 0.6 is 0 Å². The molecular formula is C20H17N5O. The number of nitrogens with zero attached hydrogens (tertiary/aromatic N) is 5. The third-order valence-electron chi connectivity index (χ3n) is 4.28. The van der Waals surface area contributed by atoms with Crippen molar-refractivity contribution in [2.45, 2.75) is 0 Å². The summed E-state index contributed by atoms with van der Waals surface area (Å²) in [5.41, 5.74) is 2.85. The molecular weight excluding hydrogens is 326 g/mol. The topological polar surface area (TPSA) is 74.9 Å². The second-order valence-electron chi connectivity index (χ2n) is 5.91. The lowest BCUT2D eigenvalue weighted by Gasteiger charge is -2.29. The average Bonchev–Trinajstić information content (AvgIpc) is 2.74. The molecule has 1 aromatic carbocycles. The Morgan fingerprint density at radius 1 is 0.962 bits per heavy atom. The van der Waals surface area contributed by atoms with E-state index in [0.717, 1.165) is 11.1 Å². The van der Waals surface area contributed by atoms with E-state index in [-0.39, 0.29) is 0 Å². The molecule has 26 heavy (non-hydrogen) atoms. The first-order valence-corrected chi connectivity index (χ1v) is 8.47. The standard InChI is InChI=1S/C20H17N5O/c21-13-17-18(15-5-2-1-3-6-15)23-19(16-7-4-8-22-14-16)24-20(17)25-9-11-26-12-10-25/h1-8,14H,9-12H2. The minimum atomic E-state index is 0.491. The molecule has 3 aromatic rings. The van der Waals surface area contributed by atoms with Crippen molar-refractivity contribution in [1.82, 2.24) is 15.0 Å². The van der Waals surface area contributed by atoms with E-state index in [0.29, 0.717) is 49.2 Å². The normalized spacial score (nSPS) is 14.0. The molecule has 2 aromatic heterocycles. The van der Waals surface area contributed by atoms with Crippen molar-refractivity contribution in [2.24, 2.45) is 0 Å². The molecule has 4 rings (SSSR count). The van der Waals surface area contributed by atoms with Gasteiger partial charge in [0.05, 0.1) is 18.9 Å². The number of rotatable bonds is 3. The number of pyridine rings is 1. The maximum atomic E-state index is 9.85. The van der Waals surface area contributed by atoms with Gasteiger partial charge in [0.15, 0.2) is 11.6 Å². The largest absolute Gasteiger partial charge is 0.378 e. The van der Waals surface area contributed by atoms with Crippen molar-refractivity contribution in [3.05, 3.63) is 60.4 Å². The van der Waals surface area contributed by atoms with Gasteiger partial charge in [-0.05, 0) is 12.1 Å². The van der Waals surface area contributed by atoms with Crippen molar-refractivity contribution >= 4 is 5.82 Å². The predicted octanol–water partition coefficient (Wildman–Crippen LogP) is 2.91. The second-order valence-corrected chi connectivity index (χ2v) is 5.91. The monoisotopic (exact) mass is 343 g/mol. The van der Waals surface area contributed by atoms with Crippen LogP contribution in [0.4, 0.5) is 5.82 Å². The third kappa shape index (κ3) is 3.13. The Morgan fingerprint density at radius 3 is 2.42 bits per heavy atom. The van der Waals surface area contributed by atoms with Gasteiger partial charge in [-0.2, -0.15) is 5.26 Å². The molecule has 0 spiro atoms. The predicted molar refractivity (Wildman–Crippen MR) is 98.4 cm³/mol. The zero-order valence-electron chi connectivity index (χ0n) is 14.2. The molecule has 1 fully saturated rings. The molecule has 0 bridgehead atoms. The van der Waals surface area contributed by atoms with Gasteiger partial charge in [0, 0.05) is 36.6 Å². The highest BCUT2D eigenvalue weighted by Gasteiger charge is 2.22. The highest BCUT2D eigenvalue weighted by Crippen LogP contribution is 2.31. The van der Waals surface area contributed by atoms with Crippen LogP contribution in [-0.2, 0) is 4.74 Å². The summed E-state index contributed by atoms with van der Waals surface area (Å²) < 4.78 is 5.45. The van der Waals surface area contributed by atoms with E-state index in [1.165, 1.54) is 0 Å². The number of ether oxygens (including phenoxy) is 1. The van der Waals surface area contributed by atoms with Crippen molar-refractivity contribution in [1.29, 1.82) is 5.26 Å². The summed E-state index contributed by atoms with van der Waals surface area (Å²) in [6.07, 6.45) is 3.45. The fourth-order valence-electron chi connectivity index (χ4n) is 2.98. The maximum Gasteiger partial charge on any atom is 0.163 e. The van der Waals surface area contributed by atoms with Crippen LogP contribution in [0.1, 0.15) is 5.56 Å². The molecule has 3 heterocycles. The van der Waals surface area contributed by atoms with Crippen LogP contribution < -0.4 is 4.90 Å². The molecule has 0 N–H and O–H groups in total. The number of benzene rings is 1. The summed E-state index contributed by atoms with van der Waals surface area (Å²) in [7, 11) is 0. The van der Waals surface area contributed by atoms with E-state index in [2.05, 4.69) is 16.0 Å². The van der Waals surface area contributed by atoms with Crippen LogP contribution in [-0.4, -0.2) is 41.3 Å². The number of aromatic nitrogens is 3. The first kappa shape index (κ1) is 16.2. The van der Waals surface area contributed by atoms with E-state index >= 15 is 0 Å². The molecule has 128 valence electrons. The molecule has 1 aliphatic rings. The Morgan fingerprint density at radius 2 is 1.73 bits per heavy atom. The Bertz CT molecular complexity index is 932. The van der Waals surface area contributed by atoms with Crippen molar-refractivity contribution < 1.29 is 4.74 Å². The summed E-state index contributed by atoms with van der Waals surface area (Å²) in [5, 5.41) is 9.85. The molecule has 0 aliphatic carbocycles. The van der Waals surface area contributed by atoms with Gasteiger partial charge in [-0.25, -0.2) is 9.97 Å². The van der Waals surface area contributed by atoms with Crippen LogP contribution in [0.3, 0.4) is 0 Å². The zero-order chi connectivity index (χ0) is 17.8. The fraction of sp³-hybridized carbons (Fsp3) is 0.200. The van der Waals surface area contributed by atoms with Crippen molar-refractivity contribution in [3.8, 4) is 28.7 Å². The molecule has 0 atom stereocenters. The van der Waals surface area contributed by atoms with Gasteiger partial charge >= 0.3 is 0 Å². The lowest BCUT2D eigenvalue weighted by atomic mass is 10.1. The average molecular weight is 343 g/mol. The van der Waals surface area contributed by atoms with E-state index in [1.807, 2.05) is 42.5 Å². The van der Waals surface area contributed by atoms with Crippen LogP contribution in [0, 0.1) is 11.3 Å². The number of hydrogen-bond acceptors (Lipinski definition) is 6. The molecule has 0 radical (unpaired) electrons. The summed E-state index contributed by atoms with van der Waals surface area (Å²) in [6.45, 7) is 2.65. The number of hydrogen-bond donors (Lipinski definition) is 0. The van der Waals surface area contributed by atoms with Crippen molar-refractivity contribution in [3.63, 3.8) is 0 Å². The molecule has 0 saturated carbocycles. The Kier molecular flexibility index (Phi) is 4.54. The lowest BCUT2D eigenvalue weighted by Crippen LogP contribution is -2.37. The quantitative estimate of drug-likeness (QED) is 0.728. The van der Waals surface area contributed by atoms with Gasteiger partial charge in [-0.3, -0.25) is 4.98 Å². The summed E-state index contributed by atoms with van der Waals surface area (Å²) in [5.74, 6) is 1.22. The second kappa shape index (κ2) is 7.30. The summed E-state index contributed by atoms with van der Waals surface area (Å²) in [4.78, 5) is 15.7. The van der Waals surface area contributed by atoms with Gasteiger partial charge in [-0.1, -0.05) is 30.3 Å². The Balaban J connectivity index is 1.93. The smallest absolute Gasteiger partial charge is 0.163 e. The number of morpholine rings is 1. The highest BCUT2D eigenvalue weighted by molar-refractivity contribution is 5.76. The first-order chi connectivity index (χ1) is 12.9. The minimum absolute atomic E-state index is 0.491. The molecule has 1 aliphatic heterocycles. The number of nitriles is 1. The van der Waals surface area contributed by atoms with Gasteiger partial charge < -0.3 is 9.64 Å². The van der Waals surface area contributed by atoms with Gasteiger partial charge in [0.25, 0.3) is 0 Å². The van der Waals surface area contributed by atoms with Crippen LogP contribution in [0.15, 0.2) is 54.9 Å². The molecule has 6 nitrogen and oxygen atoms in total. The highest BCUT2D eigenvalue weighted by atomic mass is 16.5.